The highest BCUT2D eigenvalue weighted by atomic mass is 16.7. The largest absolute Gasteiger partial charge is 0.465 e. The van der Waals surface area contributed by atoms with Crippen LogP contribution in [0, 0.1) is 10.1 Å². The second kappa shape index (κ2) is 3.66. The maximum atomic E-state index is 11.0. The molecule has 0 radical (unpaired) electrons. The van der Waals surface area contributed by atoms with Crippen molar-refractivity contribution in [3.63, 3.8) is 0 Å². The summed E-state index contributed by atoms with van der Waals surface area (Å²) in [6.45, 7) is 0. The molecule has 1 aliphatic heterocycles. The van der Waals surface area contributed by atoms with Gasteiger partial charge in [-0.05, 0) is 12.1 Å². The number of carbonyl (C=O) groups is 1. The van der Waals surface area contributed by atoms with Crippen molar-refractivity contribution < 1.29 is 18.9 Å². The van der Waals surface area contributed by atoms with Gasteiger partial charge in [0.2, 0.25) is 0 Å². The molecule has 2 N–H and O–H groups in total. The minimum absolute atomic E-state index is 0.0787. The summed E-state index contributed by atoms with van der Waals surface area (Å²) in [5.41, 5.74) is -0.0787. The Morgan fingerprint density at radius 2 is 2.38 bits per heavy atom. The zero-order valence-corrected chi connectivity index (χ0v) is 7.90. The third-order valence-corrected chi connectivity index (χ3v) is 1.97. The molecule has 1 aromatic rings. The molecule has 1 aromatic heterocycles. The maximum Gasteiger partial charge on any atom is 0.434 e. The minimum Gasteiger partial charge on any atom is -0.465 e. The first-order chi connectivity index (χ1) is 7.59. The average molecular weight is 225 g/mol. The first-order valence-corrected chi connectivity index (χ1v) is 4.23. The summed E-state index contributed by atoms with van der Waals surface area (Å²) in [6.07, 6.45) is 0.104. The minimum atomic E-state index is -1.59. The molecular weight excluding hydrogens is 218 g/mol. The van der Waals surface area contributed by atoms with Crippen molar-refractivity contribution in [1.82, 2.24) is 5.01 Å². The van der Waals surface area contributed by atoms with Crippen molar-refractivity contribution >= 4 is 12.2 Å². The second-order valence-electron chi connectivity index (χ2n) is 2.98. The third kappa shape index (κ3) is 1.61. The number of nitrogens with two attached hydrogens (primary N) is 1. The highest BCUT2D eigenvalue weighted by Crippen LogP contribution is 2.22. The fourth-order valence-corrected chi connectivity index (χ4v) is 1.25. The number of hydrazine groups is 1. The zero-order chi connectivity index (χ0) is 11.7. The first kappa shape index (κ1) is 10.2. The smallest absolute Gasteiger partial charge is 0.434 e. The molecule has 0 aliphatic carbocycles. The van der Waals surface area contributed by atoms with E-state index in [0.717, 1.165) is 0 Å². The first-order valence-electron chi connectivity index (χ1n) is 4.23. The SMILES string of the molecule is NN1C(=O)OC([N+](=O)[O-])C1=Cc1ccco1. The number of furan rings is 1. The summed E-state index contributed by atoms with van der Waals surface area (Å²) in [4.78, 5) is 20.9. The molecule has 0 bridgehead atoms. The summed E-state index contributed by atoms with van der Waals surface area (Å²) < 4.78 is 9.41. The van der Waals surface area contributed by atoms with E-state index >= 15 is 0 Å². The fraction of sp³-hybridized carbons (Fsp3) is 0.125. The van der Waals surface area contributed by atoms with Gasteiger partial charge in [0.05, 0.1) is 11.2 Å². The van der Waals surface area contributed by atoms with Crippen LogP contribution in [-0.2, 0) is 4.74 Å². The lowest BCUT2D eigenvalue weighted by Crippen LogP contribution is -2.31. The van der Waals surface area contributed by atoms with Crippen molar-refractivity contribution in [3.05, 3.63) is 40.0 Å². The van der Waals surface area contributed by atoms with Crippen molar-refractivity contribution in [2.75, 3.05) is 0 Å². The highest BCUT2D eigenvalue weighted by Gasteiger charge is 2.43. The van der Waals surface area contributed by atoms with E-state index in [9.17, 15) is 14.9 Å². The number of rotatable bonds is 2. The van der Waals surface area contributed by atoms with Crippen LogP contribution in [0.5, 0.6) is 0 Å². The van der Waals surface area contributed by atoms with Gasteiger partial charge in [-0.15, -0.1) is 0 Å². The monoisotopic (exact) mass is 225 g/mol. The number of hydrogen-bond donors (Lipinski definition) is 1. The van der Waals surface area contributed by atoms with Gasteiger partial charge in [-0.25, -0.2) is 15.6 Å². The number of amides is 1. The van der Waals surface area contributed by atoms with Crippen LogP contribution in [-0.4, -0.2) is 22.3 Å². The van der Waals surface area contributed by atoms with Gasteiger partial charge in [-0.2, -0.15) is 0 Å². The normalized spacial score (nSPS) is 22.6. The molecule has 2 rings (SSSR count). The lowest BCUT2D eigenvalue weighted by atomic mass is 10.3. The lowest BCUT2D eigenvalue weighted by Gasteiger charge is -2.04. The van der Waals surface area contributed by atoms with Gasteiger partial charge in [0.15, 0.2) is 5.70 Å². The van der Waals surface area contributed by atoms with Crippen molar-refractivity contribution in [2.45, 2.75) is 6.23 Å². The molecule has 1 atom stereocenters. The van der Waals surface area contributed by atoms with Gasteiger partial charge < -0.3 is 9.15 Å². The fourth-order valence-electron chi connectivity index (χ4n) is 1.25. The van der Waals surface area contributed by atoms with Crippen LogP contribution in [0.3, 0.4) is 0 Å². The van der Waals surface area contributed by atoms with Gasteiger partial charge in [-0.3, -0.25) is 10.1 Å². The molecule has 8 heteroatoms. The molecule has 1 saturated heterocycles. The zero-order valence-electron chi connectivity index (χ0n) is 7.90. The molecule has 1 fully saturated rings. The van der Waals surface area contributed by atoms with E-state index in [-0.39, 0.29) is 5.70 Å². The summed E-state index contributed by atoms with van der Waals surface area (Å²) in [6, 6.07) is 3.17. The molecule has 1 aliphatic rings. The van der Waals surface area contributed by atoms with Gasteiger partial charge >= 0.3 is 12.3 Å². The van der Waals surface area contributed by atoms with Crippen molar-refractivity contribution in [3.8, 4) is 0 Å². The Kier molecular flexibility index (Phi) is 2.33. The Bertz CT molecular complexity index is 452. The predicted octanol–water partition coefficient (Wildman–Crippen LogP) is 0.549. The molecule has 1 unspecified atom stereocenters. The standard InChI is InChI=1S/C8H7N3O5/c9-10-6(4-5-2-1-3-15-5)7(11(13)14)16-8(10)12/h1-4,7H,9H2. The number of carbonyl (C=O) groups excluding carboxylic acids is 1. The molecule has 2 heterocycles. The van der Waals surface area contributed by atoms with Crippen LogP contribution in [0.4, 0.5) is 4.79 Å². The molecular formula is C8H7N3O5. The molecule has 0 aromatic carbocycles. The van der Waals surface area contributed by atoms with E-state index in [1.807, 2.05) is 0 Å². The number of hydrogen-bond acceptors (Lipinski definition) is 6. The summed E-state index contributed by atoms with van der Waals surface area (Å²) >= 11 is 0. The molecule has 1 amide bonds. The third-order valence-electron chi connectivity index (χ3n) is 1.97. The Morgan fingerprint density at radius 3 is 2.94 bits per heavy atom. The van der Waals surface area contributed by atoms with E-state index in [1.54, 1.807) is 12.1 Å². The van der Waals surface area contributed by atoms with Gasteiger partial charge in [0.25, 0.3) is 0 Å². The Hall–Kier alpha value is -2.35. The van der Waals surface area contributed by atoms with Crippen LogP contribution in [0.1, 0.15) is 5.76 Å². The van der Waals surface area contributed by atoms with E-state index < -0.39 is 17.2 Å². The van der Waals surface area contributed by atoms with E-state index in [2.05, 4.69) is 4.74 Å². The number of ether oxygens (including phenoxy) is 1. The maximum absolute atomic E-state index is 11.0. The van der Waals surface area contributed by atoms with Crippen molar-refractivity contribution in [2.24, 2.45) is 5.84 Å². The Morgan fingerprint density at radius 1 is 1.62 bits per heavy atom. The highest BCUT2D eigenvalue weighted by molar-refractivity contribution is 5.74. The number of cyclic esters (lactones) is 1. The molecule has 16 heavy (non-hydrogen) atoms. The molecule has 0 saturated carbocycles. The summed E-state index contributed by atoms with van der Waals surface area (Å²) in [5, 5.41) is 11.2. The van der Waals surface area contributed by atoms with E-state index in [0.29, 0.717) is 10.8 Å². The summed E-state index contributed by atoms with van der Waals surface area (Å²) in [5.74, 6) is 5.65. The molecule has 84 valence electrons. The van der Waals surface area contributed by atoms with Gasteiger partial charge in [-0.1, -0.05) is 0 Å². The lowest BCUT2D eigenvalue weighted by molar-refractivity contribution is -0.551. The van der Waals surface area contributed by atoms with E-state index in [4.69, 9.17) is 10.3 Å². The topological polar surface area (TPSA) is 112 Å². The van der Waals surface area contributed by atoms with Crippen molar-refractivity contribution in [1.29, 1.82) is 0 Å². The number of nitrogens with zero attached hydrogens (tertiary/aromatic N) is 2. The van der Waals surface area contributed by atoms with Crippen LogP contribution < -0.4 is 5.84 Å². The van der Waals surface area contributed by atoms with Gasteiger partial charge in [0.1, 0.15) is 5.76 Å². The van der Waals surface area contributed by atoms with Crippen LogP contribution in [0.25, 0.3) is 6.08 Å². The quantitative estimate of drug-likeness (QED) is 0.340. The average Bonchev–Trinajstić information content (AvgIpc) is 2.81. The Balaban J connectivity index is 2.36. The summed E-state index contributed by atoms with van der Waals surface area (Å²) in [7, 11) is 0. The predicted molar refractivity (Wildman–Crippen MR) is 50.0 cm³/mol. The van der Waals surface area contributed by atoms with Crippen LogP contribution in [0.15, 0.2) is 28.5 Å². The van der Waals surface area contributed by atoms with Crippen LogP contribution >= 0.6 is 0 Å². The molecule has 8 nitrogen and oxygen atoms in total. The number of nitro groups is 1. The Labute approximate surface area is 89.0 Å². The van der Waals surface area contributed by atoms with Gasteiger partial charge in [0, 0.05) is 6.08 Å². The van der Waals surface area contributed by atoms with Crippen LogP contribution in [0.2, 0.25) is 0 Å². The molecule has 0 spiro atoms. The van der Waals surface area contributed by atoms with E-state index in [1.165, 1.54) is 12.3 Å². The second-order valence-corrected chi connectivity index (χ2v) is 2.98.